The van der Waals surface area contributed by atoms with Gasteiger partial charge in [0.25, 0.3) is 0 Å². The Labute approximate surface area is 119 Å². The second kappa shape index (κ2) is 6.01. The Morgan fingerprint density at radius 1 is 1.30 bits per heavy atom. The molecule has 2 aromatic rings. The van der Waals surface area contributed by atoms with E-state index in [0.29, 0.717) is 0 Å². The fourth-order valence-electron chi connectivity index (χ4n) is 2.68. The molecule has 1 aromatic carbocycles. The van der Waals surface area contributed by atoms with Crippen LogP contribution in [0, 0.1) is 0 Å². The minimum Gasteiger partial charge on any atom is -0.384 e. The van der Waals surface area contributed by atoms with Crippen molar-refractivity contribution >= 4 is 5.69 Å². The Morgan fingerprint density at radius 2 is 2.25 bits per heavy atom. The predicted molar refractivity (Wildman–Crippen MR) is 80.7 cm³/mol. The first-order valence-corrected chi connectivity index (χ1v) is 7.11. The molecule has 0 saturated carbocycles. The second-order valence-electron chi connectivity index (χ2n) is 5.31. The van der Waals surface area contributed by atoms with Crippen LogP contribution in [0.4, 0.5) is 5.69 Å². The molecule has 3 rings (SSSR count). The summed E-state index contributed by atoms with van der Waals surface area (Å²) in [6.07, 6.45) is 7.39. The number of anilines is 1. The highest BCUT2D eigenvalue weighted by Gasteiger charge is 2.14. The highest BCUT2D eigenvalue weighted by Crippen LogP contribution is 2.27. The van der Waals surface area contributed by atoms with Crippen LogP contribution < -0.4 is 5.32 Å². The van der Waals surface area contributed by atoms with Crippen LogP contribution in [0.25, 0.3) is 0 Å². The average Bonchev–Trinajstić information content (AvgIpc) is 2.96. The third-order valence-corrected chi connectivity index (χ3v) is 3.74. The lowest BCUT2D eigenvalue weighted by molar-refractivity contribution is 0.330. The van der Waals surface area contributed by atoms with Crippen molar-refractivity contribution in [2.75, 3.05) is 25.5 Å². The lowest BCUT2D eigenvalue weighted by Crippen LogP contribution is -2.21. The molecule has 0 fully saturated rings. The molecule has 0 bridgehead atoms. The third kappa shape index (κ3) is 2.96. The fourth-order valence-corrected chi connectivity index (χ4v) is 2.68. The van der Waals surface area contributed by atoms with Crippen molar-refractivity contribution in [3.63, 3.8) is 0 Å². The van der Waals surface area contributed by atoms with Crippen LogP contribution in [0.1, 0.15) is 16.8 Å². The average molecular weight is 268 g/mol. The van der Waals surface area contributed by atoms with Crippen LogP contribution in [-0.2, 0) is 19.4 Å². The number of likely N-dealkylation sites (N-methyl/N-ethyl adjacent to an activating group) is 1. The Kier molecular flexibility index (Phi) is 3.92. The van der Waals surface area contributed by atoms with Crippen LogP contribution in [0.3, 0.4) is 0 Å². The zero-order chi connectivity index (χ0) is 13.8. The molecule has 0 radical (unpaired) electrons. The normalized spacial score (nSPS) is 13.3. The van der Waals surface area contributed by atoms with E-state index in [1.807, 2.05) is 6.20 Å². The van der Waals surface area contributed by atoms with E-state index in [-0.39, 0.29) is 0 Å². The minimum absolute atomic E-state index is 0.937. The van der Waals surface area contributed by atoms with Gasteiger partial charge in [-0.1, -0.05) is 18.2 Å². The number of para-hydroxylation sites is 1. The summed E-state index contributed by atoms with van der Waals surface area (Å²) in [7, 11) is 2.16. The maximum atomic E-state index is 4.31. The number of nitrogens with one attached hydrogen (secondary N) is 1. The molecule has 0 unspecified atom stereocenters. The lowest BCUT2D eigenvalue weighted by atomic mass is 10.1. The molecule has 0 aliphatic carbocycles. The van der Waals surface area contributed by atoms with Crippen molar-refractivity contribution in [1.82, 2.24) is 14.9 Å². The van der Waals surface area contributed by atoms with Crippen LogP contribution in [0.15, 0.2) is 36.8 Å². The van der Waals surface area contributed by atoms with Gasteiger partial charge in [0.2, 0.25) is 0 Å². The molecule has 1 aliphatic heterocycles. The number of fused-ring (bicyclic) bond motifs is 1. The summed E-state index contributed by atoms with van der Waals surface area (Å²) >= 11 is 0. The van der Waals surface area contributed by atoms with Crippen molar-refractivity contribution < 1.29 is 0 Å². The van der Waals surface area contributed by atoms with Gasteiger partial charge in [0.1, 0.15) is 0 Å². The highest BCUT2D eigenvalue weighted by atomic mass is 15.1. The van der Waals surface area contributed by atoms with Crippen LogP contribution in [-0.4, -0.2) is 35.0 Å². The third-order valence-electron chi connectivity index (χ3n) is 3.74. The van der Waals surface area contributed by atoms with Gasteiger partial charge in [-0.3, -0.25) is 9.97 Å². The van der Waals surface area contributed by atoms with E-state index in [1.165, 1.54) is 16.8 Å². The fraction of sp³-hybridized carbons (Fsp3) is 0.375. The smallest absolute Gasteiger partial charge is 0.0599 e. The molecule has 4 heteroatoms. The number of benzene rings is 1. The number of nitrogens with zero attached hydrogens (tertiary/aromatic N) is 3. The van der Waals surface area contributed by atoms with Crippen molar-refractivity contribution in [2.24, 2.45) is 0 Å². The summed E-state index contributed by atoms with van der Waals surface area (Å²) in [6.45, 7) is 3.02. The van der Waals surface area contributed by atoms with Gasteiger partial charge in [-0.25, -0.2) is 0 Å². The first-order chi connectivity index (χ1) is 9.83. The molecule has 1 aromatic heterocycles. The van der Waals surface area contributed by atoms with Crippen LogP contribution in [0.2, 0.25) is 0 Å². The first-order valence-electron chi connectivity index (χ1n) is 7.11. The Balaban J connectivity index is 1.59. The zero-order valence-corrected chi connectivity index (χ0v) is 11.8. The van der Waals surface area contributed by atoms with Crippen molar-refractivity contribution in [1.29, 1.82) is 0 Å². The topological polar surface area (TPSA) is 41.1 Å². The van der Waals surface area contributed by atoms with Crippen molar-refractivity contribution in [3.05, 3.63) is 53.6 Å². The molecule has 20 heavy (non-hydrogen) atoms. The SMILES string of the molecule is CN(CCc1cnccn1)Cc1cccc2c1NCC2. The van der Waals surface area contributed by atoms with Crippen LogP contribution in [0.5, 0.6) is 0 Å². The van der Waals surface area contributed by atoms with Crippen molar-refractivity contribution in [3.8, 4) is 0 Å². The number of hydrogen-bond donors (Lipinski definition) is 1. The van der Waals surface area contributed by atoms with Crippen molar-refractivity contribution in [2.45, 2.75) is 19.4 Å². The summed E-state index contributed by atoms with van der Waals surface area (Å²) in [4.78, 5) is 10.8. The summed E-state index contributed by atoms with van der Waals surface area (Å²) in [5, 5.41) is 3.50. The molecule has 1 N–H and O–H groups in total. The molecular formula is C16H20N4. The quantitative estimate of drug-likeness (QED) is 0.902. The zero-order valence-electron chi connectivity index (χ0n) is 11.8. The van der Waals surface area contributed by atoms with E-state index in [4.69, 9.17) is 0 Å². The molecule has 1 aliphatic rings. The van der Waals surface area contributed by atoms with E-state index in [9.17, 15) is 0 Å². The Hall–Kier alpha value is -1.94. The second-order valence-corrected chi connectivity index (χ2v) is 5.31. The maximum absolute atomic E-state index is 4.31. The molecule has 0 saturated heterocycles. The van der Waals surface area contributed by atoms with Gasteiger partial charge >= 0.3 is 0 Å². The predicted octanol–water partition coefficient (Wildman–Crippen LogP) is 2.12. The van der Waals surface area contributed by atoms with E-state index in [0.717, 1.165) is 38.2 Å². The van der Waals surface area contributed by atoms with Gasteiger partial charge in [-0.05, 0) is 24.6 Å². The Bertz CT molecular complexity index is 568. The molecule has 0 amide bonds. The number of hydrogen-bond acceptors (Lipinski definition) is 4. The Morgan fingerprint density at radius 3 is 3.10 bits per heavy atom. The van der Waals surface area contributed by atoms with Gasteiger partial charge in [0, 0.05) is 50.3 Å². The highest BCUT2D eigenvalue weighted by molar-refractivity contribution is 5.61. The van der Waals surface area contributed by atoms with Gasteiger partial charge < -0.3 is 10.2 Å². The monoisotopic (exact) mass is 268 g/mol. The summed E-state index contributed by atoms with van der Waals surface area (Å²) in [5.74, 6) is 0. The van der Waals surface area contributed by atoms with Gasteiger partial charge in [-0.2, -0.15) is 0 Å². The van der Waals surface area contributed by atoms with Gasteiger partial charge in [0.15, 0.2) is 0 Å². The van der Waals surface area contributed by atoms with Crippen LogP contribution >= 0.6 is 0 Å². The first kappa shape index (κ1) is 13.1. The molecule has 104 valence electrons. The van der Waals surface area contributed by atoms with E-state index in [1.54, 1.807) is 12.4 Å². The molecular weight excluding hydrogens is 248 g/mol. The van der Waals surface area contributed by atoms with E-state index < -0.39 is 0 Å². The lowest BCUT2D eigenvalue weighted by Gasteiger charge is -2.18. The van der Waals surface area contributed by atoms with E-state index >= 15 is 0 Å². The number of rotatable bonds is 5. The molecule has 0 atom stereocenters. The van der Waals surface area contributed by atoms with E-state index in [2.05, 4.69) is 45.4 Å². The molecule has 4 nitrogen and oxygen atoms in total. The van der Waals surface area contributed by atoms with Gasteiger partial charge in [0.05, 0.1) is 5.69 Å². The summed E-state index contributed by atoms with van der Waals surface area (Å²) < 4.78 is 0. The molecule has 2 heterocycles. The minimum atomic E-state index is 0.937. The summed E-state index contributed by atoms with van der Waals surface area (Å²) in [6, 6.07) is 6.60. The molecule has 0 spiro atoms. The summed E-state index contributed by atoms with van der Waals surface area (Å²) in [5.41, 5.74) is 5.24. The largest absolute Gasteiger partial charge is 0.384 e. The van der Waals surface area contributed by atoms with Gasteiger partial charge in [-0.15, -0.1) is 0 Å². The standard InChI is InChI=1S/C16H20N4/c1-20(10-6-15-11-17-8-9-18-15)12-14-4-2-3-13-5-7-19-16(13)14/h2-4,8-9,11,19H,5-7,10,12H2,1H3. The number of aromatic nitrogens is 2. The maximum Gasteiger partial charge on any atom is 0.0599 e.